The summed E-state index contributed by atoms with van der Waals surface area (Å²) in [4.78, 5) is 24.7. The van der Waals surface area contributed by atoms with Gasteiger partial charge >= 0.3 is 0 Å². The number of carbonyl (C=O) groups excluding carboxylic acids is 1. The summed E-state index contributed by atoms with van der Waals surface area (Å²) < 4.78 is 6.04. The van der Waals surface area contributed by atoms with Crippen molar-refractivity contribution in [2.75, 3.05) is 13.1 Å². The largest absolute Gasteiger partial charge is 0.438 e. The zero-order valence-corrected chi connectivity index (χ0v) is 16.3. The lowest BCUT2D eigenvalue weighted by Gasteiger charge is -2.16. The fourth-order valence-corrected chi connectivity index (χ4v) is 3.57. The van der Waals surface area contributed by atoms with Gasteiger partial charge in [-0.15, -0.1) is 0 Å². The first-order chi connectivity index (χ1) is 14.8. The molecule has 0 amide bonds. The average molecular weight is 396 g/mol. The van der Waals surface area contributed by atoms with E-state index in [0.717, 1.165) is 36.1 Å². The number of ether oxygens (including phenoxy) is 1. The molecule has 1 aliphatic rings. The predicted molar refractivity (Wildman–Crippen MR) is 116 cm³/mol. The second-order valence-corrected chi connectivity index (χ2v) is 7.10. The molecule has 30 heavy (non-hydrogen) atoms. The number of nitrogens with zero attached hydrogens (tertiary/aromatic N) is 2. The smallest absolute Gasteiger partial charge is 0.228 e. The number of ketones is 1. The summed E-state index contributed by atoms with van der Waals surface area (Å²) >= 11 is 0. The molecule has 0 spiro atoms. The molecule has 3 heterocycles. The van der Waals surface area contributed by atoms with Gasteiger partial charge in [-0.3, -0.25) is 4.79 Å². The number of carbonyl (C=O) groups is 1. The number of rotatable bonds is 5. The maximum absolute atomic E-state index is 12.8. The third-order valence-electron chi connectivity index (χ3n) is 5.12. The minimum atomic E-state index is -0.156. The molecule has 0 atom stereocenters. The Hall–Kier alpha value is -3.77. The first-order valence-corrected chi connectivity index (χ1v) is 9.90. The fourth-order valence-electron chi connectivity index (χ4n) is 3.57. The topological polar surface area (TPSA) is 79.9 Å². The van der Waals surface area contributed by atoms with E-state index >= 15 is 0 Å². The Balaban J connectivity index is 1.37. The monoisotopic (exact) mass is 396 g/mol. The molecule has 0 saturated heterocycles. The number of benzene rings is 2. The molecule has 5 rings (SSSR count). The van der Waals surface area contributed by atoms with Crippen molar-refractivity contribution in [3.63, 3.8) is 0 Å². The van der Waals surface area contributed by atoms with Crippen molar-refractivity contribution >= 4 is 22.4 Å². The molecule has 148 valence electrons. The van der Waals surface area contributed by atoms with Crippen LogP contribution in [0.25, 0.3) is 16.6 Å². The Morgan fingerprint density at radius 3 is 2.67 bits per heavy atom. The first kappa shape index (κ1) is 18.3. The van der Waals surface area contributed by atoms with Crippen LogP contribution in [0.5, 0.6) is 11.6 Å². The summed E-state index contributed by atoms with van der Waals surface area (Å²) in [5.74, 6) is 1.37. The van der Waals surface area contributed by atoms with Crippen molar-refractivity contribution < 1.29 is 9.53 Å². The van der Waals surface area contributed by atoms with Gasteiger partial charge in [-0.05, 0) is 67.1 Å². The van der Waals surface area contributed by atoms with Crippen LogP contribution in [0.4, 0.5) is 0 Å². The van der Waals surface area contributed by atoms with Gasteiger partial charge in [0.1, 0.15) is 5.75 Å². The Kier molecular flexibility index (Phi) is 4.83. The van der Waals surface area contributed by atoms with Crippen LogP contribution in [-0.4, -0.2) is 33.8 Å². The lowest BCUT2D eigenvalue weighted by atomic mass is 10.0. The van der Waals surface area contributed by atoms with Crippen molar-refractivity contribution in [2.24, 2.45) is 0 Å². The van der Waals surface area contributed by atoms with E-state index in [2.05, 4.69) is 26.3 Å². The molecule has 0 radical (unpaired) electrons. The zero-order chi connectivity index (χ0) is 20.3. The maximum Gasteiger partial charge on any atom is 0.228 e. The Bertz CT molecular complexity index is 1210. The van der Waals surface area contributed by atoms with Gasteiger partial charge in [0.25, 0.3) is 0 Å². The van der Waals surface area contributed by atoms with Crippen molar-refractivity contribution in [1.82, 2.24) is 20.3 Å². The van der Waals surface area contributed by atoms with Crippen molar-refractivity contribution in [3.05, 3.63) is 89.9 Å². The number of aromatic amines is 1. The second-order valence-electron chi connectivity index (χ2n) is 7.10. The number of aromatic nitrogens is 3. The molecule has 6 heteroatoms. The van der Waals surface area contributed by atoms with Gasteiger partial charge in [0.15, 0.2) is 5.82 Å². The number of H-pyrrole nitrogens is 1. The van der Waals surface area contributed by atoms with E-state index in [1.807, 2.05) is 36.4 Å². The van der Waals surface area contributed by atoms with E-state index in [0.29, 0.717) is 23.0 Å². The third-order valence-corrected chi connectivity index (χ3v) is 5.12. The highest BCUT2D eigenvalue weighted by atomic mass is 16.5. The van der Waals surface area contributed by atoms with Crippen molar-refractivity contribution in [1.29, 1.82) is 0 Å². The standard InChI is InChI=1S/C24H20N4O2/c29-22(23-27-20-5-1-2-6-21(20)28-23)17-7-9-18(10-8-17)30-24-19(4-3-13-26-24)16-11-14-25-15-12-16/h1-11,13,25H,12,14-15H2,(H,27,28). The van der Waals surface area contributed by atoms with Gasteiger partial charge in [0.2, 0.25) is 11.7 Å². The van der Waals surface area contributed by atoms with Crippen LogP contribution in [0, 0.1) is 0 Å². The molecule has 0 bridgehead atoms. The summed E-state index contributed by atoms with van der Waals surface area (Å²) in [6.07, 6.45) is 4.83. The van der Waals surface area contributed by atoms with Crippen LogP contribution in [-0.2, 0) is 0 Å². The molecule has 0 fully saturated rings. The van der Waals surface area contributed by atoms with E-state index in [9.17, 15) is 4.79 Å². The van der Waals surface area contributed by atoms with Crippen LogP contribution >= 0.6 is 0 Å². The molecule has 0 saturated carbocycles. The molecule has 0 aliphatic carbocycles. The third kappa shape index (κ3) is 3.60. The van der Waals surface area contributed by atoms with Crippen LogP contribution in [0.2, 0.25) is 0 Å². The van der Waals surface area contributed by atoms with Crippen LogP contribution in [0.15, 0.2) is 72.9 Å². The minimum absolute atomic E-state index is 0.156. The SMILES string of the molecule is O=C(c1ccc(Oc2ncccc2C2=CCNCC2)cc1)c1nc2ccccc2[nH]1. The highest BCUT2D eigenvalue weighted by molar-refractivity contribution is 6.08. The molecular formula is C24H20N4O2. The number of hydrogen-bond acceptors (Lipinski definition) is 5. The lowest BCUT2D eigenvalue weighted by molar-refractivity contribution is 0.103. The lowest BCUT2D eigenvalue weighted by Crippen LogP contribution is -2.20. The maximum atomic E-state index is 12.8. The first-order valence-electron chi connectivity index (χ1n) is 9.90. The van der Waals surface area contributed by atoms with E-state index in [1.165, 1.54) is 5.57 Å². The normalized spacial score (nSPS) is 13.8. The Morgan fingerprint density at radius 2 is 1.87 bits per heavy atom. The molecule has 2 N–H and O–H groups in total. The molecule has 2 aromatic heterocycles. The quantitative estimate of drug-likeness (QED) is 0.490. The number of fused-ring (bicyclic) bond motifs is 1. The van der Waals surface area contributed by atoms with Gasteiger partial charge < -0.3 is 15.0 Å². The number of pyridine rings is 1. The van der Waals surface area contributed by atoms with Crippen molar-refractivity contribution in [2.45, 2.75) is 6.42 Å². The van der Waals surface area contributed by atoms with Gasteiger partial charge in [0, 0.05) is 23.9 Å². The second kappa shape index (κ2) is 7.93. The van der Waals surface area contributed by atoms with Gasteiger partial charge in [-0.1, -0.05) is 18.2 Å². The van der Waals surface area contributed by atoms with Crippen LogP contribution < -0.4 is 10.1 Å². The highest BCUT2D eigenvalue weighted by Gasteiger charge is 2.15. The summed E-state index contributed by atoms with van der Waals surface area (Å²) in [6.45, 7) is 1.79. The number of hydrogen-bond donors (Lipinski definition) is 2. The van der Waals surface area contributed by atoms with E-state index in [1.54, 1.807) is 30.5 Å². The Morgan fingerprint density at radius 1 is 1.00 bits per heavy atom. The van der Waals surface area contributed by atoms with Crippen LogP contribution in [0.1, 0.15) is 28.2 Å². The molecule has 6 nitrogen and oxygen atoms in total. The van der Waals surface area contributed by atoms with Gasteiger partial charge in [0.05, 0.1) is 11.0 Å². The minimum Gasteiger partial charge on any atom is -0.438 e. The molecule has 4 aromatic rings. The summed E-state index contributed by atoms with van der Waals surface area (Å²) in [6, 6.07) is 18.6. The Labute approximate surface area is 173 Å². The molecule has 0 unspecified atom stereocenters. The predicted octanol–water partition coefficient (Wildman–Crippen LogP) is 4.36. The molecule has 1 aliphatic heterocycles. The molecular weight excluding hydrogens is 376 g/mol. The summed E-state index contributed by atoms with van der Waals surface area (Å²) in [5.41, 5.74) is 4.39. The average Bonchev–Trinajstić information content (AvgIpc) is 3.24. The summed E-state index contributed by atoms with van der Waals surface area (Å²) in [5, 5.41) is 3.32. The highest BCUT2D eigenvalue weighted by Crippen LogP contribution is 2.30. The van der Waals surface area contributed by atoms with Crippen molar-refractivity contribution in [3.8, 4) is 11.6 Å². The van der Waals surface area contributed by atoms with E-state index in [4.69, 9.17) is 4.74 Å². The van der Waals surface area contributed by atoms with Crippen LogP contribution in [0.3, 0.4) is 0 Å². The fraction of sp³-hybridized carbons (Fsp3) is 0.125. The van der Waals surface area contributed by atoms with Gasteiger partial charge in [-0.2, -0.15) is 0 Å². The van der Waals surface area contributed by atoms with E-state index in [-0.39, 0.29) is 5.78 Å². The number of para-hydroxylation sites is 2. The van der Waals surface area contributed by atoms with E-state index < -0.39 is 0 Å². The zero-order valence-electron chi connectivity index (χ0n) is 16.3. The van der Waals surface area contributed by atoms with Gasteiger partial charge in [-0.25, -0.2) is 9.97 Å². The number of imidazole rings is 1. The number of nitrogens with one attached hydrogen (secondary N) is 2. The summed E-state index contributed by atoms with van der Waals surface area (Å²) in [7, 11) is 0. The molecule has 2 aromatic carbocycles.